The number of nitrogens with zero attached hydrogens (tertiary/aromatic N) is 2. The lowest BCUT2D eigenvalue weighted by Gasteiger charge is -2.23. The van der Waals surface area contributed by atoms with Crippen LogP contribution in [0.1, 0.15) is 50.8 Å². The lowest BCUT2D eigenvalue weighted by atomic mass is 9.97. The largest absolute Gasteiger partial charge is 0.328 e. The van der Waals surface area contributed by atoms with Crippen LogP contribution in [-0.2, 0) is 0 Å². The molecule has 1 fully saturated rings. The molecule has 1 unspecified atom stereocenters. The second-order valence-electron chi connectivity index (χ2n) is 5.50. The molecule has 1 atom stereocenters. The van der Waals surface area contributed by atoms with Crippen LogP contribution in [0, 0.1) is 0 Å². The van der Waals surface area contributed by atoms with E-state index in [1.165, 1.54) is 30.3 Å². The highest BCUT2D eigenvalue weighted by molar-refractivity contribution is 5.76. The quantitative estimate of drug-likeness (QED) is 0.875. The van der Waals surface area contributed by atoms with E-state index in [-0.39, 0.29) is 0 Å². The van der Waals surface area contributed by atoms with Gasteiger partial charge in [0.15, 0.2) is 0 Å². The van der Waals surface area contributed by atoms with Crippen molar-refractivity contribution in [2.24, 2.45) is 0 Å². The van der Waals surface area contributed by atoms with E-state index in [9.17, 15) is 0 Å². The number of hydrogen-bond donors (Lipinski definition) is 1. The summed E-state index contributed by atoms with van der Waals surface area (Å²) in [6.07, 6.45) is 5.83. The maximum absolute atomic E-state index is 4.53. The van der Waals surface area contributed by atoms with Crippen molar-refractivity contribution in [3.05, 3.63) is 30.1 Å². The van der Waals surface area contributed by atoms with Gasteiger partial charge in [0.05, 0.1) is 17.4 Å². The van der Waals surface area contributed by atoms with Gasteiger partial charge in [-0.15, -0.1) is 0 Å². The molecule has 3 nitrogen and oxygen atoms in total. The smallest absolute Gasteiger partial charge is 0.0960 e. The van der Waals surface area contributed by atoms with Gasteiger partial charge in [-0.1, -0.05) is 12.5 Å². The fraction of sp³-hybridized carbons (Fsp3) is 0.533. The number of piperidine rings is 1. The van der Waals surface area contributed by atoms with Gasteiger partial charge in [0.1, 0.15) is 0 Å². The molecular formula is C15H21N3. The lowest BCUT2D eigenvalue weighted by molar-refractivity contribution is 0.412. The summed E-state index contributed by atoms with van der Waals surface area (Å²) in [5.74, 6) is 0. The highest BCUT2D eigenvalue weighted by Gasteiger charge is 2.15. The monoisotopic (exact) mass is 243 g/mol. The van der Waals surface area contributed by atoms with E-state index in [1.54, 1.807) is 0 Å². The summed E-state index contributed by atoms with van der Waals surface area (Å²) in [7, 11) is 0. The third-order valence-corrected chi connectivity index (χ3v) is 3.87. The highest BCUT2D eigenvalue weighted by atomic mass is 15.1. The van der Waals surface area contributed by atoms with E-state index in [0.717, 1.165) is 12.1 Å². The number of rotatable bonds is 2. The fourth-order valence-corrected chi connectivity index (χ4v) is 2.81. The standard InChI is InChI=1S/C15H21N3/c1-11(2)18-10-17-14-9-12(6-7-15(14)18)13-5-3-4-8-16-13/h6-7,9-11,13,16H,3-5,8H2,1-2H3. The van der Waals surface area contributed by atoms with E-state index in [0.29, 0.717) is 12.1 Å². The molecule has 0 aliphatic carbocycles. The minimum Gasteiger partial charge on any atom is -0.328 e. The van der Waals surface area contributed by atoms with Crippen LogP contribution in [0.3, 0.4) is 0 Å². The maximum atomic E-state index is 4.53. The van der Waals surface area contributed by atoms with Crippen LogP contribution < -0.4 is 5.32 Å². The highest BCUT2D eigenvalue weighted by Crippen LogP contribution is 2.26. The number of hydrogen-bond acceptors (Lipinski definition) is 2. The first-order valence-corrected chi connectivity index (χ1v) is 6.95. The zero-order valence-electron chi connectivity index (χ0n) is 11.2. The third-order valence-electron chi connectivity index (χ3n) is 3.87. The van der Waals surface area contributed by atoms with Crippen LogP contribution in [0.15, 0.2) is 24.5 Å². The van der Waals surface area contributed by atoms with Crippen molar-refractivity contribution < 1.29 is 0 Å². The van der Waals surface area contributed by atoms with Gasteiger partial charge in [-0.25, -0.2) is 4.98 Å². The minimum absolute atomic E-state index is 0.466. The molecule has 3 heteroatoms. The van der Waals surface area contributed by atoms with Crippen molar-refractivity contribution in [3.63, 3.8) is 0 Å². The summed E-state index contributed by atoms with van der Waals surface area (Å²) in [4.78, 5) is 4.53. The van der Waals surface area contributed by atoms with E-state index in [1.807, 2.05) is 6.33 Å². The van der Waals surface area contributed by atoms with Gasteiger partial charge in [0.2, 0.25) is 0 Å². The van der Waals surface area contributed by atoms with Crippen LogP contribution in [0.25, 0.3) is 11.0 Å². The Kier molecular flexibility index (Phi) is 3.08. The molecule has 1 aromatic heterocycles. The molecule has 1 aromatic carbocycles. The SMILES string of the molecule is CC(C)n1cnc2cc(C3CCCCN3)ccc21. The molecule has 2 heterocycles. The average Bonchev–Trinajstić information content (AvgIpc) is 2.82. The summed E-state index contributed by atoms with van der Waals surface area (Å²) >= 11 is 0. The summed E-state index contributed by atoms with van der Waals surface area (Å²) in [5.41, 5.74) is 3.74. The van der Waals surface area contributed by atoms with Crippen molar-refractivity contribution in [1.82, 2.24) is 14.9 Å². The van der Waals surface area contributed by atoms with Gasteiger partial charge in [0.25, 0.3) is 0 Å². The Morgan fingerprint density at radius 3 is 2.94 bits per heavy atom. The number of imidazole rings is 1. The Hall–Kier alpha value is -1.35. The Balaban J connectivity index is 1.96. The zero-order valence-corrected chi connectivity index (χ0v) is 11.2. The number of aromatic nitrogens is 2. The van der Waals surface area contributed by atoms with E-state index >= 15 is 0 Å². The Morgan fingerprint density at radius 2 is 2.22 bits per heavy atom. The lowest BCUT2D eigenvalue weighted by Crippen LogP contribution is -2.26. The molecule has 1 aliphatic heterocycles. The summed E-state index contributed by atoms with van der Waals surface area (Å²) in [6, 6.07) is 7.71. The Labute approximate surface area is 108 Å². The van der Waals surface area contributed by atoms with Crippen molar-refractivity contribution in [2.45, 2.75) is 45.2 Å². The Morgan fingerprint density at radius 1 is 1.33 bits per heavy atom. The minimum atomic E-state index is 0.466. The van der Waals surface area contributed by atoms with Crippen LogP contribution >= 0.6 is 0 Å². The first-order chi connectivity index (χ1) is 8.75. The number of fused-ring (bicyclic) bond motifs is 1. The normalized spacial score (nSPS) is 20.7. The molecule has 1 saturated heterocycles. The molecule has 18 heavy (non-hydrogen) atoms. The zero-order chi connectivity index (χ0) is 12.5. The molecule has 96 valence electrons. The van der Waals surface area contributed by atoms with Crippen molar-refractivity contribution in [1.29, 1.82) is 0 Å². The molecule has 1 N–H and O–H groups in total. The topological polar surface area (TPSA) is 29.9 Å². The van der Waals surface area contributed by atoms with E-state index in [2.05, 4.69) is 46.9 Å². The van der Waals surface area contributed by atoms with Crippen molar-refractivity contribution in [3.8, 4) is 0 Å². The molecule has 0 spiro atoms. The first-order valence-electron chi connectivity index (χ1n) is 6.95. The van der Waals surface area contributed by atoms with Crippen LogP contribution in [0.5, 0.6) is 0 Å². The molecule has 2 aromatic rings. The number of benzene rings is 1. The van der Waals surface area contributed by atoms with Gasteiger partial charge >= 0.3 is 0 Å². The molecule has 0 bridgehead atoms. The molecule has 1 aliphatic rings. The van der Waals surface area contributed by atoms with E-state index in [4.69, 9.17) is 0 Å². The first kappa shape index (κ1) is 11.7. The predicted molar refractivity (Wildman–Crippen MR) is 74.7 cm³/mol. The molecule has 0 saturated carbocycles. The molecule has 0 amide bonds. The number of nitrogens with one attached hydrogen (secondary N) is 1. The van der Waals surface area contributed by atoms with Crippen molar-refractivity contribution >= 4 is 11.0 Å². The van der Waals surface area contributed by atoms with Gasteiger partial charge in [0, 0.05) is 12.1 Å². The summed E-state index contributed by atoms with van der Waals surface area (Å²) in [5, 5.41) is 3.60. The average molecular weight is 243 g/mol. The molecule has 0 radical (unpaired) electrons. The van der Waals surface area contributed by atoms with Crippen LogP contribution in [0.4, 0.5) is 0 Å². The summed E-state index contributed by atoms with van der Waals surface area (Å²) < 4.78 is 2.23. The second-order valence-corrected chi connectivity index (χ2v) is 5.50. The molecule has 3 rings (SSSR count). The van der Waals surface area contributed by atoms with Gasteiger partial charge < -0.3 is 9.88 Å². The third kappa shape index (κ3) is 2.03. The summed E-state index contributed by atoms with van der Waals surface area (Å²) in [6.45, 7) is 5.53. The van der Waals surface area contributed by atoms with Crippen LogP contribution in [0.2, 0.25) is 0 Å². The van der Waals surface area contributed by atoms with Gasteiger partial charge in [-0.2, -0.15) is 0 Å². The second kappa shape index (κ2) is 4.73. The Bertz CT molecular complexity index is 536. The van der Waals surface area contributed by atoms with Gasteiger partial charge in [-0.05, 0) is 50.9 Å². The molecular weight excluding hydrogens is 222 g/mol. The van der Waals surface area contributed by atoms with Crippen molar-refractivity contribution in [2.75, 3.05) is 6.54 Å². The van der Waals surface area contributed by atoms with Crippen LogP contribution in [-0.4, -0.2) is 16.1 Å². The van der Waals surface area contributed by atoms with Gasteiger partial charge in [-0.3, -0.25) is 0 Å². The predicted octanol–water partition coefficient (Wildman–Crippen LogP) is 3.43. The fourth-order valence-electron chi connectivity index (χ4n) is 2.81. The van der Waals surface area contributed by atoms with E-state index < -0.39 is 0 Å². The maximum Gasteiger partial charge on any atom is 0.0960 e.